The number of hydrogen-bond acceptors (Lipinski definition) is 5. The molecule has 2 aromatic carbocycles. The van der Waals surface area contributed by atoms with Gasteiger partial charge in [-0.25, -0.2) is 4.39 Å². The van der Waals surface area contributed by atoms with Crippen LogP contribution in [0.3, 0.4) is 0 Å². The molecule has 138 valence electrons. The van der Waals surface area contributed by atoms with Crippen LogP contribution >= 0.6 is 11.6 Å². The van der Waals surface area contributed by atoms with Gasteiger partial charge in [0.05, 0.1) is 11.3 Å². The summed E-state index contributed by atoms with van der Waals surface area (Å²) in [6.45, 7) is 2.44. The lowest BCUT2D eigenvalue weighted by atomic mass is 10.1. The molecule has 4 rings (SSSR count). The van der Waals surface area contributed by atoms with Gasteiger partial charge in [-0.3, -0.25) is 4.79 Å². The van der Waals surface area contributed by atoms with E-state index in [0.717, 1.165) is 5.69 Å². The lowest BCUT2D eigenvalue weighted by Crippen LogP contribution is -2.49. The molecule has 1 aromatic heterocycles. The van der Waals surface area contributed by atoms with Crippen molar-refractivity contribution >= 4 is 23.2 Å². The van der Waals surface area contributed by atoms with Gasteiger partial charge < -0.3 is 9.80 Å². The summed E-state index contributed by atoms with van der Waals surface area (Å²) in [6, 6.07) is 11.4. The zero-order valence-corrected chi connectivity index (χ0v) is 15.1. The van der Waals surface area contributed by atoms with E-state index in [1.165, 1.54) is 23.1 Å². The Morgan fingerprint density at radius 1 is 1.04 bits per heavy atom. The van der Waals surface area contributed by atoms with E-state index < -0.39 is 0 Å². The number of nitrogens with zero attached hydrogens (tertiary/aromatic N) is 6. The largest absolute Gasteiger partial charge is 0.368 e. The summed E-state index contributed by atoms with van der Waals surface area (Å²) < 4.78 is 14.5. The molecule has 2 heterocycles. The van der Waals surface area contributed by atoms with Gasteiger partial charge in [-0.1, -0.05) is 11.6 Å². The van der Waals surface area contributed by atoms with Crippen molar-refractivity contribution in [2.75, 3.05) is 31.1 Å². The molecule has 9 heteroatoms. The number of amides is 1. The zero-order chi connectivity index (χ0) is 18.8. The lowest BCUT2D eigenvalue weighted by Gasteiger charge is -2.36. The quantitative estimate of drug-likeness (QED) is 0.691. The fraction of sp³-hybridized carbons (Fsp3) is 0.222. The third kappa shape index (κ3) is 3.61. The number of carbonyl (C=O) groups excluding carboxylic acids is 1. The van der Waals surface area contributed by atoms with Crippen molar-refractivity contribution in [2.45, 2.75) is 0 Å². The Bertz CT molecular complexity index is 939. The molecule has 0 spiro atoms. The maximum absolute atomic E-state index is 13.1. The van der Waals surface area contributed by atoms with Gasteiger partial charge >= 0.3 is 0 Å². The molecule has 27 heavy (non-hydrogen) atoms. The average Bonchev–Trinajstić information content (AvgIpc) is 3.23. The third-order valence-corrected chi connectivity index (χ3v) is 4.78. The standard InChI is InChI=1S/C18H16ClFN6O/c19-13-1-6-17(26-12-21-22-23-26)16(11-13)18(27)25-9-7-24(8-10-25)15-4-2-14(20)3-5-15/h1-6,11-12H,7-10H2. The molecule has 0 saturated carbocycles. The maximum atomic E-state index is 13.1. The first kappa shape index (κ1) is 17.4. The van der Waals surface area contributed by atoms with E-state index in [1.807, 2.05) is 0 Å². The first-order valence-corrected chi connectivity index (χ1v) is 8.82. The summed E-state index contributed by atoms with van der Waals surface area (Å²) in [5.41, 5.74) is 1.97. The molecule has 1 fully saturated rings. The van der Waals surface area contributed by atoms with Gasteiger partial charge in [-0.2, -0.15) is 4.68 Å². The number of rotatable bonds is 3. The molecule has 0 aliphatic carbocycles. The summed E-state index contributed by atoms with van der Waals surface area (Å²) >= 11 is 6.11. The van der Waals surface area contributed by atoms with Crippen molar-refractivity contribution in [1.82, 2.24) is 25.1 Å². The summed E-state index contributed by atoms with van der Waals surface area (Å²) in [6.07, 6.45) is 1.44. The zero-order valence-electron chi connectivity index (χ0n) is 14.3. The van der Waals surface area contributed by atoms with Crippen molar-refractivity contribution in [3.8, 4) is 5.69 Å². The van der Waals surface area contributed by atoms with Crippen LogP contribution in [0, 0.1) is 5.82 Å². The number of piperazine rings is 1. The number of aromatic nitrogens is 4. The Hall–Kier alpha value is -3.00. The van der Waals surface area contributed by atoms with Crippen molar-refractivity contribution in [2.24, 2.45) is 0 Å². The van der Waals surface area contributed by atoms with Crippen molar-refractivity contribution in [1.29, 1.82) is 0 Å². The number of carbonyl (C=O) groups is 1. The Balaban J connectivity index is 1.52. The predicted molar refractivity (Wildman–Crippen MR) is 98.7 cm³/mol. The molecule has 1 saturated heterocycles. The fourth-order valence-corrected chi connectivity index (χ4v) is 3.31. The number of anilines is 1. The van der Waals surface area contributed by atoms with E-state index in [0.29, 0.717) is 42.5 Å². The first-order chi connectivity index (χ1) is 13.1. The highest BCUT2D eigenvalue weighted by atomic mass is 35.5. The molecule has 3 aromatic rings. The van der Waals surface area contributed by atoms with Crippen LogP contribution in [0.1, 0.15) is 10.4 Å². The van der Waals surface area contributed by atoms with Gasteiger partial charge in [-0.15, -0.1) is 5.10 Å². The van der Waals surface area contributed by atoms with Gasteiger partial charge in [0, 0.05) is 36.9 Å². The lowest BCUT2D eigenvalue weighted by molar-refractivity contribution is 0.0746. The molecule has 0 bridgehead atoms. The second-order valence-corrected chi connectivity index (χ2v) is 6.61. The fourth-order valence-electron chi connectivity index (χ4n) is 3.14. The maximum Gasteiger partial charge on any atom is 0.256 e. The number of benzene rings is 2. The summed E-state index contributed by atoms with van der Waals surface area (Å²) in [5, 5.41) is 11.6. The molecule has 0 atom stereocenters. The summed E-state index contributed by atoms with van der Waals surface area (Å²) in [7, 11) is 0. The highest BCUT2D eigenvalue weighted by Gasteiger charge is 2.25. The van der Waals surface area contributed by atoms with E-state index in [1.54, 1.807) is 35.2 Å². The normalized spacial score (nSPS) is 14.4. The van der Waals surface area contributed by atoms with Gasteiger partial charge in [0.1, 0.15) is 12.1 Å². The van der Waals surface area contributed by atoms with Gasteiger partial charge in [-0.05, 0) is 52.9 Å². The van der Waals surface area contributed by atoms with Crippen LogP contribution in [0.5, 0.6) is 0 Å². The number of tetrazole rings is 1. The van der Waals surface area contributed by atoms with Crippen LogP contribution in [0.2, 0.25) is 5.02 Å². The summed E-state index contributed by atoms with van der Waals surface area (Å²) in [5.74, 6) is -0.384. The van der Waals surface area contributed by atoms with E-state index in [4.69, 9.17) is 11.6 Å². The monoisotopic (exact) mass is 386 g/mol. The molecule has 0 N–H and O–H groups in total. The first-order valence-electron chi connectivity index (χ1n) is 8.44. The molecule has 1 aliphatic heterocycles. The SMILES string of the molecule is O=C(c1cc(Cl)ccc1-n1cnnn1)N1CCN(c2ccc(F)cc2)CC1. The number of halogens is 2. The smallest absolute Gasteiger partial charge is 0.256 e. The van der Waals surface area contributed by atoms with Crippen LogP contribution in [-0.4, -0.2) is 57.2 Å². The van der Waals surface area contributed by atoms with E-state index in [2.05, 4.69) is 20.4 Å². The molecule has 7 nitrogen and oxygen atoms in total. The predicted octanol–water partition coefficient (Wildman–Crippen LogP) is 2.42. The second-order valence-electron chi connectivity index (χ2n) is 6.17. The molecule has 1 amide bonds. The van der Waals surface area contributed by atoms with Crippen LogP contribution in [0.4, 0.5) is 10.1 Å². The minimum atomic E-state index is -0.261. The highest BCUT2D eigenvalue weighted by molar-refractivity contribution is 6.31. The second kappa shape index (κ2) is 7.32. The van der Waals surface area contributed by atoms with Gasteiger partial charge in [0.15, 0.2) is 0 Å². The van der Waals surface area contributed by atoms with E-state index in [-0.39, 0.29) is 11.7 Å². The average molecular weight is 387 g/mol. The number of hydrogen-bond donors (Lipinski definition) is 0. The highest BCUT2D eigenvalue weighted by Crippen LogP contribution is 2.22. The van der Waals surface area contributed by atoms with Crippen molar-refractivity contribution in [3.05, 3.63) is 65.2 Å². The Kier molecular flexibility index (Phi) is 4.72. The van der Waals surface area contributed by atoms with Crippen molar-refractivity contribution < 1.29 is 9.18 Å². The van der Waals surface area contributed by atoms with Gasteiger partial charge in [0.25, 0.3) is 5.91 Å². The van der Waals surface area contributed by atoms with Crippen molar-refractivity contribution in [3.63, 3.8) is 0 Å². The van der Waals surface area contributed by atoms with Crippen LogP contribution in [-0.2, 0) is 0 Å². The Morgan fingerprint density at radius 2 is 1.78 bits per heavy atom. The van der Waals surface area contributed by atoms with Crippen LogP contribution in [0.15, 0.2) is 48.8 Å². The molecule has 1 aliphatic rings. The molecule has 0 radical (unpaired) electrons. The van der Waals surface area contributed by atoms with E-state index in [9.17, 15) is 9.18 Å². The molecular weight excluding hydrogens is 371 g/mol. The third-order valence-electron chi connectivity index (χ3n) is 4.54. The minimum absolute atomic E-state index is 0.123. The minimum Gasteiger partial charge on any atom is -0.368 e. The Labute approximate surface area is 159 Å². The van der Waals surface area contributed by atoms with Crippen LogP contribution in [0.25, 0.3) is 5.69 Å². The van der Waals surface area contributed by atoms with Crippen LogP contribution < -0.4 is 4.90 Å². The summed E-state index contributed by atoms with van der Waals surface area (Å²) in [4.78, 5) is 17.0. The Morgan fingerprint density at radius 3 is 2.44 bits per heavy atom. The van der Waals surface area contributed by atoms with Gasteiger partial charge in [0.2, 0.25) is 0 Å². The molecular formula is C18H16ClFN6O. The topological polar surface area (TPSA) is 67.2 Å². The molecule has 0 unspecified atom stereocenters. The van der Waals surface area contributed by atoms with E-state index >= 15 is 0 Å².